The van der Waals surface area contributed by atoms with Crippen LogP contribution in [0.1, 0.15) is 219 Å². The largest absolute Gasteiger partial charge is 0.472 e. The minimum Gasteiger partial charge on any atom is -0.457 e. The van der Waals surface area contributed by atoms with Crippen molar-refractivity contribution in [2.45, 2.75) is 262 Å². The quantitative estimate of drug-likeness (QED) is 0.0194. The maximum absolute atomic E-state index is 12.8. The Balaban J connectivity index is 2.36. The molecule has 12 nitrogen and oxygen atoms in total. The van der Waals surface area contributed by atoms with E-state index in [0.29, 0.717) is 13.0 Å². The van der Waals surface area contributed by atoms with Crippen molar-refractivity contribution < 1.29 is 58.3 Å². The molecule has 0 aromatic rings. The lowest BCUT2D eigenvalue weighted by molar-refractivity contribution is -0.220. The van der Waals surface area contributed by atoms with Crippen LogP contribution in [0.5, 0.6) is 0 Å². The molecule has 0 bridgehead atoms. The molecule has 0 aromatic heterocycles. The number of rotatable bonds is 41. The first-order valence-electron chi connectivity index (χ1n) is 23.9. The first-order chi connectivity index (χ1) is 28.0. The lowest BCUT2D eigenvalue weighted by atomic mass is 9.85. The number of hydrogen-bond acceptors (Lipinski definition) is 11. The van der Waals surface area contributed by atoms with Crippen molar-refractivity contribution in [1.82, 2.24) is 0 Å². The topological polar surface area (TPSA) is 192 Å². The number of carbonyl (C=O) groups excluding carboxylic acids is 1. The Hall–Kier alpha value is -0.660. The highest BCUT2D eigenvalue weighted by Crippen LogP contribution is 2.47. The van der Waals surface area contributed by atoms with Crippen molar-refractivity contribution in [2.75, 3.05) is 19.8 Å². The Bertz CT molecular complexity index is 973. The summed E-state index contributed by atoms with van der Waals surface area (Å²) in [5.74, 6) is -0.471. The normalized spacial score (nSPS) is 22.6. The zero-order valence-corrected chi connectivity index (χ0v) is 37.8. The van der Waals surface area contributed by atoms with Gasteiger partial charge in [0.25, 0.3) is 0 Å². The number of ether oxygens (including phenoxy) is 2. The summed E-state index contributed by atoms with van der Waals surface area (Å²) in [6, 6.07) is 0. The number of esters is 1. The van der Waals surface area contributed by atoms with E-state index in [4.69, 9.17) is 18.5 Å². The van der Waals surface area contributed by atoms with Crippen LogP contribution in [0.2, 0.25) is 0 Å². The van der Waals surface area contributed by atoms with Gasteiger partial charge in [0.1, 0.15) is 42.7 Å². The van der Waals surface area contributed by atoms with Crippen LogP contribution in [-0.2, 0) is 27.9 Å². The highest BCUT2D eigenvalue weighted by atomic mass is 31.2. The number of carbonyl (C=O) groups is 1. The molecule has 346 valence electrons. The molecule has 1 saturated carbocycles. The van der Waals surface area contributed by atoms with Crippen LogP contribution in [-0.4, -0.2) is 98.9 Å². The molecule has 0 heterocycles. The SMILES string of the molecule is CCCCCCCCCCCCCCCCCCOC[C@H](COP(=O)(O)OC1[C@H](O)[C@H](O)C(O)[C@H](O)[C@H]1O)OC(=O)CCCCCCCCCCCCCCCCC. The average molecular weight is 853 g/mol. The van der Waals surface area contributed by atoms with Crippen LogP contribution in [0.15, 0.2) is 0 Å². The van der Waals surface area contributed by atoms with Crippen molar-refractivity contribution in [3.05, 3.63) is 0 Å². The zero-order valence-electron chi connectivity index (χ0n) is 36.9. The second-order valence-corrected chi connectivity index (χ2v) is 18.4. The van der Waals surface area contributed by atoms with Crippen molar-refractivity contribution in [3.63, 3.8) is 0 Å². The summed E-state index contributed by atoms with van der Waals surface area (Å²) in [5.41, 5.74) is 0. The van der Waals surface area contributed by atoms with Gasteiger partial charge in [0.2, 0.25) is 0 Å². The van der Waals surface area contributed by atoms with E-state index in [-0.39, 0.29) is 13.0 Å². The molecule has 0 saturated heterocycles. The summed E-state index contributed by atoms with van der Waals surface area (Å²) in [4.78, 5) is 23.2. The number of phosphoric acid groups is 1. The van der Waals surface area contributed by atoms with Crippen LogP contribution < -0.4 is 0 Å². The highest BCUT2D eigenvalue weighted by molar-refractivity contribution is 7.47. The molecule has 0 spiro atoms. The van der Waals surface area contributed by atoms with Crippen LogP contribution in [0.3, 0.4) is 0 Å². The van der Waals surface area contributed by atoms with Gasteiger partial charge < -0.3 is 39.9 Å². The van der Waals surface area contributed by atoms with Gasteiger partial charge in [0.05, 0.1) is 13.2 Å². The smallest absolute Gasteiger partial charge is 0.457 e. The third-order valence-electron chi connectivity index (χ3n) is 11.5. The van der Waals surface area contributed by atoms with E-state index in [1.807, 2.05) is 0 Å². The van der Waals surface area contributed by atoms with Gasteiger partial charge in [0.15, 0.2) is 0 Å². The predicted octanol–water partition coefficient (Wildman–Crippen LogP) is 9.76. The Morgan fingerprint density at radius 1 is 0.483 bits per heavy atom. The van der Waals surface area contributed by atoms with Crippen LogP contribution >= 0.6 is 7.82 Å². The Kier molecular flexibility index (Phi) is 35.3. The third kappa shape index (κ3) is 28.8. The summed E-state index contributed by atoms with van der Waals surface area (Å²) >= 11 is 0. The van der Waals surface area contributed by atoms with Gasteiger partial charge in [-0.25, -0.2) is 4.57 Å². The first kappa shape index (κ1) is 55.4. The molecule has 6 N–H and O–H groups in total. The Morgan fingerprint density at radius 3 is 1.19 bits per heavy atom. The lowest BCUT2D eigenvalue weighted by Crippen LogP contribution is -2.64. The maximum atomic E-state index is 12.8. The van der Waals surface area contributed by atoms with Gasteiger partial charge in [-0.3, -0.25) is 13.8 Å². The van der Waals surface area contributed by atoms with Crippen LogP contribution in [0, 0.1) is 0 Å². The second-order valence-electron chi connectivity index (χ2n) is 17.0. The van der Waals surface area contributed by atoms with Crippen LogP contribution in [0.25, 0.3) is 0 Å². The maximum Gasteiger partial charge on any atom is 0.472 e. The van der Waals surface area contributed by atoms with E-state index in [2.05, 4.69) is 13.8 Å². The molecule has 1 aliphatic carbocycles. The van der Waals surface area contributed by atoms with Gasteiger partial charge in [-0.2, -0.15) is 0 Å². The van der Waals surface area contributed by atoms with E-state index in [9.17, 15) is 39.8 Å². The molecule has 1 fully saturated rings. The molecule has 0 aromatic carbocycles. The van der Waals surface area contributed by atoms with Crippen molar-refractivity contribution in [1.29, 1.82) is 0 Å². The monoisotopic (exact) mass is 853 g/mol. The summed E-state index contributed by atoms with van der Waals surface area (Å²) < 4.78 is 34.2. The second kappa shape index (κ2) is 36.9. The van der Waals surface area contributed by atoms with Crippen molar-refractivity contribution >= 4 is 13.8 Å². The van der Waals surface area contributed by atoms with E-state index < -0.39 is 63.1 Å². The van der Waals surface area contributed by atoms with E-state index >= 15 is 0 Å². The molecule has 0 aliphatic heterocycles. The van der Waals surface area contributed by atoms with Gasteiger partial charge in [-0.1, -0.05) is 200 Å². The summed E-state index contributed by atoms with van der Waals surface area (Å²) in [6.07, 6.45) is 25.9. The standard InChI is InChI=1S/C45H89O12P/c1-3-5-7-9-11-13-15-17-19-21-23-25-27-29-31-33-35-54-36-38(37-55-58(52,53)57-45-43(50)41(48)40(47)42(49)44(45)51)56-39(46)34-32-30-28-26-24-22-20-18-16-14-12-10-8-6-4-2/h38,40-45,47-51H,3-37H2,1-2H3,(H,52,53)/t38-,40?,41-,42+,43-,44-,45?/m1/s1. The third-order valence-corrected chi connectivity index (χ3v) is 12.5. The molecule has 3 unspecified atom stereocenters. The van der Waals surface area contributed by atoms with Gasteiger partial charge >= 0.3 is 13.8 Å². The van der Waals surface area contributed by atoms with E-state index in [1.165, 1.54) is 154 Å². The molecule has 0 radical (unpaired) electrons. The zero-order chi connectivity index (χ0) is 42.7. The minimum atomic E-state index is -5.01. The molecular weight excluding hydrogens is 763 g/mol. The Morgan fingerprint density at radius 2 is 0.810 bits per heavy atom. The van der Waals surface area contributed by atoms with Gasteiger partial charge in [-0.05, 0) is 12.8 Å². The molecular formula is C45H89O12P. The molecule has 13 heteroatoms. The fraction of sp³-hybridized carbons (Fsp3) is 0.978. The summed E-state index contributed by atoms with van der Waals surface area (Å²) in [6.45, 7) is 4.30. The number of aliphatic hydroxyl groups excluding tert-OH is 5. The fourth-order valence-corrected chi connectivity index (χ4v) is 8.62. The fourth-order valence-electron chi connectivity index (χ4n) is 7.65. The number of phosphoric ester groups is 1. The highest BCUT2D eigenvalue weighted by Gasteiger charge is 2.51. The number of aliphatic hydroxyl groups is 5. The van der Waals surface area contributed by atoms with Gasteiger partial charge in [-0.15, -0.1) is 0 Å². The first-order valence-corrected chi connectivity index (χ1v) is 25.4. The van der Waals surface area contributed by atoms with Gasteiger partial charge in [0, 0.05) is 13.0 Å². The molecule has 1 aliphatic rings. The summed E-state index contributed by atoms with van der Waals surface area (Å²) in [7, 11) is -5.01. The van der Waals surface area contributed by atoms with Crippen molar-refractivity contribution in [3.8, 4) is 0 Å². The molecule has 58 heavy (non-hydrogen) atoms. The lowest BCUT2D eigenvalue weighted by Gasteiger charge is -2.41. The molecule has 1 rings (SSSR count). The molecule has 8 atom stereocenters. The molecule has 0 amide bonds. The predicted molar refractivity (Wildman–Crippen MR) is 230 cm³/mol. The van der Waals surface area contributed by atoms with Crippen molar-refractivity contribution in [2.24, 2.45) is 0 Å². The number of hydrogen-bond donors (Lipinski definition) is 6. The summed E-state index contributed by atoms with van der Waals surface area (Å²) in [5, 5.41) is 50.2. The minimum absolute atomic E-state index is 0.0678. The number of unbranched alkanes of at least 4 members (excludes halogenated alkanes) is 29. The van der Waals surface area contributed by atoms with E-state index in [0.717, 1.165) is 38.5 Å². The van der Waals surface area contributed by atoms with Crippen LogP contribution in [0.4, 0.5) is 0 Å². The Labute approximate surface area is 353 Å². The average Bonchev–Trinajstić information content (AvgIpc) is 3.21. The van der Waals surface area contributed by atoms with E-state index in [1.54, 1.807) is 0 Å².